The highest BCUT2D eigenvalue weighted by Crippen LogP contribution is 2.37. The average molecular weight is 368 g/mol. The van der Waals surface area contributed by atoms with E-state index in [2.05, 4.69) is 19.4 Å². The molecule has 0 saturated carbocycles. The summed E-state index contributed by atoms with van der Waals surface area (Å²) in [6.07, 6.45) is 4.97. The third-order valence-electron chi connectivity index (χ3n) is 3.92. The van der Waals surface area contributed by atoms with Gasteiger partial charge in [0.15, 0.2) is 5.75 Å². The predicted octanol–water partition coefficient (Wildman–Crippen LogP) is 3.07. The Morgan fingerprint density at radius 1 is 1.27 bits per heavy atom. The fraction of sp³-hybridized carbons (Fsp3) is 0.125. The molecule has 1 aromatic carbocycles. The summed E-state index contributed by atoms with van der Waals surface area (Å²) in [5.41, 5.74) is 3.30. The van der Waals surface area contributed by atoms with Crippen LogP contribution in [-0.4, -0.2) is 36.2 Å². The highest BCUT2D eigenvalue weighted by atomic mass is 32.1. The summed E-state index contributed by atoms with van der Waals surface area (Å²) in [6.45, 7) is 0. The third kappa shape index (κ3) is 2.56. The Bertz CT molecular complexity index is 1120. The molecule has 0 aliphatic rings. The molecule has 0 fully saturated rings. The smallest absolute Gasteiger partial charge is 0.311 e. The van der Waals surface area contributed by atoms with Crippen molar-refractivity contribution in [1.82, 2.24) is 24.1 Å². The van der Waals surface area contributed by atoms with Crippen molar-refractivity contribution in [2.45, 2.75) is 0 Å². The van der Waals surface area contributed by atoms with Gasteiger partial charge in [-0.1, -0.05) is 0 Å². The van der Waals surface area contributed by atoms with Gasteiger partial charge in [0.25, 0.3) is 0 Å². The minimum atomic E-state index is -0.484. The predicted molar refractivity (Wildman–Crippen MR) is 96.1 cm³/mol. The first kappa shape index (κ1) is 16.1. The van der Waals surface area contributed by atoms with Gasteiger partial charge in [0.2, 0.25) is 0 Å². The molecule has 0 unspecified atom stereocenters. The van der Waals surface area contributed by atoms with Crippen molar-refractivity contribution in [2.24, 2.45) is 7.05 Å². The van der Waals surface area contributed by atoms with Gasteiger partial charge in [-0.2, -0.15) is 5.10 Å². The number of fused-ring (bicyclic) bond motifs is 1. The first-order chi connectivity index (χ1) is 12.6. The molecule has 26 heavy (non-hydrogen) atoms. The topological polar surface area (TPSA) is 109 Å². The molecule has 3 aromatic heterocycles. The van der Waals surface area contributed by atoms with E-state index in [1.165, 1.54) is 31.0 Å². The van der Waals surface area contributed by atoms with Crippen molar-refractivity contribution in [3.05, 3.63) is 46.3 Å². The van der Waals surface area contributed by atoms with Crippen LogP contribution in [0.25, 0.3) is 33.4 Å². The second-order valence-corrected chi connectivity index (χ2v) is 6.16. The molecule has 0 amide bonds. The zero-order valence-corrected chi connectivity index (χ0v) is 14.6. The molecule has 9 nitrogen and oxygen atoms in total. The maximum Gasteiger partial charge on any atom is 0.311 e. The first-order valence-corrected chi connectivity index (χ1v) is 8.33. The van der Waals surface area contributed by atoms with Gasteiger partial charge in [0.1, 0.15) is 12.0 Å². The maximum atomic E-state index is 11.4. The van der Waals surface area contributed by atoms with E-state index in [1.807, 2.05) is 18.6 Å². The summed E-state index contributed by atoms with van der Waals surface area (Å²) in [7, 11) is 3.20. The SMILES string of the molecule is COc1cc2ncnc(-c3cn(C)nc3-c3cnsc3)c2cc1[N+](=O)[O-]. The van der Waals surface area contributed by atoms with Crippen LogP contribution in [0.2, 0.25) is 0 Å². The van der Waals surface area contributed by atoms with Gasteiger partial charge >= 0.3 is 5.69 Å². The fourth-order valence-corrected chi connectivity index (χ4v) is 3.31. The van der Waals surface area contributed by atoms with Crippen LogP contribution < -0.4 is 4.74 Å². The Hall–Kier alpha value is -3.40. The fourth-order valence-electron chi connectivity index (χ4n) is 2.79. The Morgan fingerprint density at radius 2 is 2.12 bits per heavy atom. The van der Waals surface area contributed by atoms with E-state index >= 15 is 0 Å². The van der Waals surface area contributed by atoms with E-state index in [1.54, 1.807) is 16.9 Å². The normalized spacial score (nSPS) is 11.0. The lowest BCUT2D eigenvalue weighted by molar-refractivity contribution is -0.385. The van der Waals surface area contributed by atoms with Crippen LogP contribution in [0.4, 0.5) is 5.69 Å². The molecule has 0 radical (unpaired) electrons. The van der Waals surface area contributed by atoms with E-state index in [0.717, 1.165) is 11.1 Å². The average Bonchev–Trinajstić information content (AvgIpc) is 3.29. The number of nitro benzene ring substituents is 1. The summed E-state index contributed by atoms with van der Waals surface area (Å²) < 4.78 is 10.9. The van der Waals surface area contributed by atoms with Crippen molar-refractivity contribution < 1.29 is 9.66 Å². The molecule has 0 N–H and O–H groups in total. The number of ether oxygens (including phenoxy) is 1. The molecule has 0 aliphatic carbocycles. The number of hydrogen-bond donors (Lipinski definition) is 0. The molecular formula is C16H12N6O3S. The summed E-state index contributed by atoms with van der Waals surface area (Å²) in [6, 6.07) is 2.98. The number of aryl methyl sites for hydroxylation is 1. The van der Waals surface area contributed by atoms with Gasteiger partial charge in [-0.15, -0.1) is 0 Å². The Kier molecular flexibility index (Phi) is 3.81. The van der Waals surface area contributed by atoms with E-state index in [4.69, 9.17) is 4.74 Å². The summed E-state index contributed by atoms with van der Waals surface area (Å²) in [4.78, 5) is 19.5. The molecule has 10 heteroatoms. The second-order valence-electron chi connectivity index (χ2n) is 5.50. The van der Waals surface area contributed by atoms with Gasteiger partial charge in [0, 0.05) is 47.3 Å². The summed E-state index contributed by atoms with van der Waals surface area (Å²) >= 11 is 1.32. The molecule has 0 spiro atoms. The first-order valence-electron chi connectivity index (χ1n) is 7.49. The minimum absolute atomic E-state index is 0.140. The number of hydrogen-bond acceptors (Lipinski definition) is 8. The van der Waals surface area contributed by atoms with Crippen LogP contribution in [-0.2, 0) is 7.05 Å². The Balaban J connectivity index is 2.02. The number of nitro groups is 1. The summed E-state index contributed by atoms with van der Waals surface area (Å²) in [5, 5.41) is 18.3. The van der Waals surface area contributed by atoms with Crippen LogP contribution in [0, 0.1) is 10.1 Å². The number of methoxy groups -OCH3 is 1. The van der Waals surface area contributed by atoms with E-state index < -0.39 is 4.92 Å². The van der Waals surface area contributed by atoms with Crippen LogP contribution >= 0.6 is 11.5 Å². The van der Waals surface area contributed by atoms with Gasteiger partial charge < -0.3 is 4.74 Å². The molecule has 0 atom stereocenters. The molecule has 0 saturated heterocycles. The standard InChI is InChI=1S/C16H12N6O3S/c1-21-6-11(15(20-21)9-5-19-26-7-9)16-10-3-13(22(23)24)14(25-2)4-12(10)17-8-18-16/h3-8H,1-2H3. The van der Waals surface area contributed by atoms with Crippen LogP contribution in [0.3, 0.4) is 0 Å². The van der Waals surface area contributed by atoms with Crippen LogP contribution in [0.5, 0.6) is 5.75 Å². The maximum absolute atomic E-state index is 11.4. The summed E-state index contributed by atoms with van der Waals surface area (Å²) in [5.74, 6) is 0.153. The lowest BCUT2D eigenvalue weighted by Crippen LogP contribution is -1.96. The third-order valence-corrected chi connectivity index (χ3v) is 4.51. The van der Waals surface area contributed by atoms with Crippen molar-refractivity contribution in [3.8, 4) is 28.3 Å². The number of rotatable bonds is 4. The number of aromatic nitrogens is 5. The zero-order valence-electron chi connectivity index (χ0n) is 13.8. The van der Waals surface area contributed by atoms with Gasteiger partial charge in [-0.05, 0) is 11.5 Å². The molecule has 4 aromatic rings. The van der Waals surface area contributed by atoms with Crippen molar-refractivity contribution in [2.75, 3.05) is 7.11 Å². The van der Waals surface area contributed by atoms with E-state index in [0.29, 0.717) is 22.3 Å². The Morgan fingerprint density at radius 3 is 2.81 bits per heavy atom. The van der Waals surface area contributed by atoms with Crippen molar-refractivity contribution in [3.63, 3.8) is 0 Å². The lowest BCUT2D eigenvalue weighted by Gasteiger charge is -2.07. The zero-order chi connectivity index (χ0) is 18.3. The monoisotopic (exact) mass is 368 g/mol. The van der Waals surface area contributed by atoms with Gasteiger partial charge in [0.05, 0.1) is 29.4 Å². The number of nitrogens with zero attached hydrogens (tertiary/aromatic N) is 6. The molecule has 3 heterocycles. The van der Waals surface area contributed by atoms with Gasteiger partial charge in [-0.3, -0.25) is 14.8 Å². The van der Waals surface area contributed by atoms with Crippen molar-refractivity contribution in [1.29, 1.82) is 0 Å². The lowest BCUT2D eigenvalue weighted by atomic mass is 10.0. The Labute approximate surface area is 151 Å². The molecule has 0 bridgehead atoms. The highest BCUT2D eigenvalue weighted by molar-refractivity contribution is 7.03. The second kappa shape index (κ2) is 6.15. The molecular weight excluding hydrogens is 356 g/mol. The molecule has 130 valence electrons. The van der Waals surface area contributed by atoms with E-state index in [-0.39, 0.29) is 11.4 Å². The van der Waals surface area contributed by atoms with Crippen LogP contribution in [0.15, 0.2) is 36.2 Å². The van der Waals surface area contributed by atoms with E-state index in [9.17, 15) is 10.1 Å². The molecule has 0 aliphatic heterocycles. The largest absolute Gasteiger partial charge is 0.490 e. The van der Waals surface area contributed by atoms with Crippen LogP contribution in [0.1, 0.15) is 0 Å². The minimum Gasteiger partial charge on any atom is -0.490 e. The number of benzene rings is 1. The molecule has 4 rings (SSSR count). The van der Waals surface area contributed by atoms with Gasteiger partial charge in [-0.25, -0.2) is 14.3 Å². The quantitative estimate of drug-likeness (QED) is 0.402. The highest BCUT2D eigenvalue weighted by Gasteiger charge is 2.21. The van der Waals surface area contributed by atoms with Crippen molar-refractivity contribution >= 4 is 28.1 Å².